The fourth-order valence-electron chi connectivity index (χ4n) is 2.75. The van der Waals surface area contributed by atoms with Gasteiger partial charge in [0, 0.05) is 19.2 Å². The lowest BCUT2D eigenvalue weighted by molar-refractivity contribution is -0.137. The number of alkyl halides is 3. The first-order valence-corrected chi connectivity index (χ1v) is 9.11. The largest absolute Gasteiger partial charge is 0.484 e. The molecule has 0 aliphatic rings. The zero-order valence-electron chi connectivity index (χ0n) is 16.3. The van der Waals surface area contributed by atoms with Gasteiger partial charge in [-0.3, -0.25) is 9.36 Å². The zero-order chi connectivity index (χ0) is 22.6. The number of halogens is 4. The summed E-state index contributed by atoms with van der Waals surface area (Å²) in [4.78, 5) is 24.2. The molecule has 0 aliphatic heterocycles. The van der Waals surface area contributed by atoms with Crippen LogP contribution in [0.3, 0.4) is 0 Å². The number of amides is 1. The molecular weight excluding hydrogens is 420 g/mol. The smallest absolute Gasteiger partial charge is 0.416 e. The average Bonchev–Trinajstić information content (AvgIpc) is 3.01. The molecule has 1 N–H and O–H groups in total. The summed E-state index contributed by atoms with van der Waals surface area (Å²) in [7, 11) is 1.40. The molecule has 0 bridgehead atoms. The number of nitrogens with zero attached hydrogens (tertiary/aromatic N) is 3. The normalized spacial score (nSPS) is 11.4. The van der Waals surface area contributed by atoms with Gasteiger partial charge in [0.15, 0.2) is 12.4 Å². The predicted octanol–water partition coefficient (Wildman–Crippen LogP) is 2.60. The topological polar surface area (TPSA) is 78.2 Å². The van der Waals surface area contributed by atoms with Crippen LogP contribution in [0.15, 0.2) is 53.3 Å². The van der Waals surface area contributed by atoms with Gasteiger partial charge >= 0.3 is 11.9 Å². The number of carbonyl (C=O) groups is 1. The maximum absolute atomic E-state index is 12.9. The molecule has 164 valence electrons. The SMILES string of the molecule is Cn1c(-c2cccc(C(F)(F)F)c2)nn(CCNC(=O)COc2ccc(F)cc2)c1=O. The molecule has 0 radical (unpaired) electrons. The molecule has 3 aromatic rings. The summed E-state index contributed by atoms with van der Waals surface area (Å²) in [6.45, 7) is -0.253. The van der Waals surface area contributed by atoms with E-state index >= 15 is 0 Å². The summed E-state index contributed by atoms with van der Waals surface area (Å²) in [5, 5.41) is 6.62. The minimum atomic E-state index is -4.52. The van der Waals surface area contributed by atoms with Crippen molar-refractivity contribution in [2.75, 3.05) is 13.2 Å². The van der Waals surface area contributed by atoms with Crippen LogP contribution in [-0.2, 0) is 24.6 Å². The number of ether oxygens (including phenoxy) is 1. The van der Waals surface area contributed by atoms with E-state index in [4.69, 9.17) is 4.74 Å². The number of hydrogen-bond acceptors (Lipinski definition) is 4. The van der Waals surface area contributed by atoms with Crippen molar-refractivity contribution in [3.63, 3.8) is 0 Å². The van der Waals surface area contributed by atoms with Crippen molar-refractivity contribution in [1.29, 1.82) is 0 Å². The van der Waals surface area contributed by atoms with Crippen molar-refractivity contribution in [2.45, 2.75) is 12.7 Å². The molecule has 0 atom stereocenters. The first-order chi connectivity index (χ1) is 14.6. The van der Waals surface area contributed by atoms with Gasteiger partial charge in [0.1, 0.15) is 11.6 Å². The van der Waals surface area contributed by atoms with E-state index in [1.54, 1.807) is 0 Å². The summed E-state index contributed by atoms with van der Waals surface area (Å²) < 4.78 is 59.0. The minimum absolute atomic E-state index is 0.00786. The Balaban J connectivity index is 1.60. The van der Waals surface area contributed by atoms with Gasteiger partial charge in [-0.1, -0.05) is 12.1 Å². The number of aromatic nitrogens is 3. The Morgan fingerprint density at radius 2 is 1.87 bits per heavy atom. The summed E-state index contributed by atoms with van der Waals surface area (Å²) in [6, 6.07) is 9.67. The van der Waals surface area contributed by atoms with Crippen LogP contribution >= 0.6 is 0 Å². The molecule has 0 spiro atoms. The third-order valence-corrected chi connectivity index (χ3v) is 4.32. The highest BCUT2D eigenvalue weighted by atomic mass is 19.4. The van der Waals surface area contributed by atoms with Crippen molar-refractivity contribution in [1.82, 2.24) is 19.7 Å². The number of carbonyl (C=O) groups excluding carboxylic acids is 1. The monoisotopic (exact) mass is 438 g/mol. The Morgan fingerprint density at radius 1 is 1.16 bits per heavy atom. The molecule has 0 aliphatic carbocycles. The second-order valence-electron chi connectivity index (χ2n) is 6.56. The molecule has 3 rings (SSSR count). The third kappa shape index (κ3) is 5.50. The van der Waals surface area contributed by atoms with Crippen molar-refractivity contribution in [3.8, 4) is 17.1 Å². The molecule has 1 heterocycles. The van der Waals surface area contributed by atoms with E-state index in [1.165, 1.54) is 43.4 Å². The van der Waals surface area contributed by atoms with Gasteiger partial charge in [-0.15, -0.1) is 5.10 Å². The van der Waals surface area contributed by atoms with E-state index in [2.05, 4.69) is 10.4 Å². The zero-order valence-corrected chi connectivity index (χ0v) is 16.3. The van der Waals surface area contributed by atoms with Crippen LogP contribution in [0.25, 0.3) is 11.4 Å². The molecule has 31 heavy (non-hydrogen) atoms. The van der Waals surface area contributed by atoms with E-state index in [0.717, 1.165) is 21.4 Å². The van der Waals surface area contributed by atoms with E-state index in [0.29, 0.717) is 5.75 Å². The second kappa shape index (κ2) is 9.02. The lowest BCUT2D eigenvalue weighted by Crippen LogP contribution is -2.34. The van der Waals surface area contributed by atoms with Gasteiger partial charge in [-0.05, 0) is 36.4 Å². The van der Waals surface area contributed by atoms with Crippen molar-refractivity contribution in [3.05, 3.63) is 70.4 Å². The first-order valence-electron chi connectivity index (χ1n) is 9.11. The average molecular weight is 438 g/mol. The lowest BCUT2D eigenvalue weighted by Gasteiger charge is -2.08. The molecule has 2 aromatic carbocycles. The maximum Gasteiger partial charge on any atom is 0.416 e. The predicted molar refractivity (Wildman–Crippen MR) is 103 cm³/mol. The molecule has 0 saturated carbocycles. The quantitative estimate of drug-likeness (QED) is 0.576. The molecule has 0 unspecified atom stereocenters. The number of hydrogen-bond donors (Lipinski definition) is 1. The van der Waals surface area contributed by atoms with Crippen LogP contribution < -0.4 is 15.7 Å². The van der Waals surface area contributed by atoms with Gasteiger partial charge in [0.05, 0.1) is 12.1 Å². The van der Waals surface area contributed by atoms with Gasteiger partial charge < -0.3 is 10.1 Å². The van der Waals surface area contributed by atoms with E-state index < -0.39 is 29.2 Å². The Hall–Kier alpha value is -3.63. The molecule has 0 fully saturated rings. The van der Waals surface area contributed by atoms with Gasteiger partial charge in [0.25, 0.3) is 5.91 Å². The third-order valence-electron chi connectivity index (χ3n) is 4.32. The maximum atomic E-state index is 12.9. The molecular formula is C20H18F4N4O3. The van der Waals surface area contributed by atoms with E-state index in [9.17, 15) is 27.2 Å². The second-order valence-corrected chi connectivity index (χ2v) is 6.56. The highest BCUT2D eigenvalue weighted by molar-refractivity contribution is 5.77. The number of benzene rings is 2. The summed E-state index contributed by atoms with van der Waals surface area (Å²) in [6.07, 6.45) is -4.52. The standard InChI is InChI=1S/C20H18F4N4O3/c1-27-18(13-3-2-4-14(11-13)20(22,23)24)26-28(19(27)30)10-9-25-17(29)12-31-16-7-5-15(21)6-8-16/h2-8,11H,9-10,12H2,1H3,(H,25,29). The van der Waals surface area contributed by atoms with Crippen LogP contribution in [0, 0.1) is 5.82 Å². The van der Waals surface area contributed by atoms with Crippen LogP contribution in [-0.4, -0.2) is 33.4 Å². The summed E-state index contributed by atoms with van der Waals surface area (Å²) in [5.41, 5.74) is -1.24. The Kier molecular flexibility index (Phi) is 6.42. The van der Waals surface area contributed by atoms with Crippen molar-refractivity contribution in [2.24, 2.45) is 7.05 Å². The molecule has 11 heteroatoms. The minimum Gasteiger partial charge on any atom is -0.484 e. The summed E-state index contributed by atoms with van der Waals surface area (Å²) in [5.74, 6) is -0.501. The molecule has 1 amide bonds. The van der Waals surface area contributed by atoms with Gasteiger partial charge in [-0.2, -0.15) is 13.2 Å². The highest BCUT2D eigenvalue weighted by Gasteiger charge is 2.30. The molecule has 0 saturated heterocycles. The van der Waals surface area contributed by atoms with Crippen molar-refractivity contribution < 1.29 is 27.1 Å². The van der Waals surface area contributed by atoms with Crippen molar-refractivity contribution >= 4 is 5.91 Å². The lowest BCUT2D eigenvalue weighted by atomic mass is 10.1. The van der Waals surface area contributed by atoms with Crippen LogP contribution in [0.4, 0.5) is 17.6 Å². The number of rotatable bonds is 7. The van der Waals surface area contributed by atoms with Crippen LogP contribution in [0.5, 0.6) is 5.75 Å². The molecule has 1 aromatic heterocycles. The fourth-order valence-corrected chi connectivity index (χ4v) is 2.75. The number of nitrogens with one attached hydrogen (secondary N) is 1. The Morgan fingerprint density at radius 3 is 2.55 bits per heavy atom. The highest BCUT2D eigenvalue weighted by Crippen LogP contribution is 2.31. The first kappa shape index (κ1) is 22.1. The van der Waals surface area contributed by atoms with Crippen LogP contribution in [0.1, 0.15) is 5.56 Å². The molecule has 7 nitrogen and oxygen atoms in total. The fraction of sp³-hybridized carbons (Fsp3) is 0.250. The Labute approximate surface area is 173 Å². The van der Waals surface area contributed by atoms with Crippen LogP contribution in [0.2, 0.25) is 0 Å². The van der Waals surface area contributed by atoms with E-state index in [-0.39, 0.29) is 31.1 Å². The Bertz CT molecular complexity index is 1120. The van der Waals surface area contributed by atoms with Gasteiger partial charge in [0.2, 0.25) is 0 Å². The van der Waals surface area contributed by atoms with Gasteiger partial charge in [-0.25, -0.2) is 13.9 Å². The summed E-state index contributed by atoms with van der Waals surface area (Å²) >= 11 is 0. The van der Waals surface area contributed by atoms with E-state index in [1.807, 2.05) is 0 Å².